The Hall–Kier alpha value is -7.34. The Morgan fingerprint density at radius 1 is 0.472 bits per heavy atom. The van der Waals surface area contributed by atoms with Crippen molar-refractivity contribution in [1.29, 1.82) is 0 Å². The van der Waals surface area contributed by atoms with Crippen LogP contribution in [0.1, 0.15) is 143 Å². The highest BCUT2D eigenvalue weighted by Gasteiger charge is 2.47. The molecule has 9 aromatic carbocycles. The molecule has 14 rings (SSSR count). The molecule has 5 heterocycles. The second-order valence-corrected chi connectivity index (χ2v) is 22.4. The Kier molecular flexibility index (Phi) is 4.74. The van der Waals surface area contributed by atoms with Gasteiger partial charge < -0.3 is 14.4 Å². The van der Waals surface area contributed by atoms with Crippen molar-refractivity contribution in [2.75, 3.05) is 9.80 Å². The van der Waals surface area contributed by atoms with Gasteiger partial charge in [0.25, 0.3) is 0 Å². The largest absolute Gasteiger partial charge is 0.311 e. The summed E-state index contributed by atoms with van der Waals surface area (Å²) in [5.74, 6) is -1.75. The van der Waals surface area contributed by atoms with Crippen molar-refractivity contribution in [2.45, 2.75) is 84.5 Å². The van der Waals surface area contributed by atoms with Gasteiger partial charge >= 0.3 is 0 Å². The lowest BCUT2D eigenvalue weighted by Gasteiger charge is -2.45. The number of hydrogen-bond donors (Lipinski definition) is 0. The Morgan fingerprint density at radius 3 is 1.81 bits per heavy atom. The fourth-order valence-corrected chi connectivity index (χ4v) is 11.1. The van der Waals surface area contributed by atoms with Crippen molar-refractivity contribution in [3.05, 3.63) is 215 Å². The molecule has 2 aromatic heterocycles. The number of fused-ring (bicyclic) bond motifs is 12. The summed E-state index contributed by atoms with van der Waals surface area (Å²) < 4.78 is 295. The number of nitrogens with zero attached hydrogens (tertiary/aromatic N) is 3. The van der Waals surface area contributed by atoms with E-state index in [1.165, 1.54) is 4.57 Å². The zero-order valence-electron chi connectivity index (χ0n) is 70.4. The van der Waals surface area contributed by atoms with Crippen LogP contribution in [0.4, 0.5) is 34.1 Å². The third-order valence-corrected chi connectivity index (χ3v) is 14.7. The molecule has 0 radical (unpaired) electrons. The number of benzene rings is 9. The summed E-state index contributed by atoms with van der Waals surface area (Å²) in [4.78, 5) is 1.62. The number of aromatic nitrogens is 1. The molecule has 0 saturated heterocycles. The third-order valence-electron chi connectivity index (χ3n) is 13.7. The molecular formula is C67H58BN3S. The van der Waals surface area contributed by atoms with Gasteiger partial charge in [0.15, 0.2) is 0 Å². The van der Waals surface area contributed by atoms with E-state index in [1.807, 2.05) is 0 Å². The average Bonchev–Trinajstić information content (AvgIpc) is 1.15. The van der Waals surface area contributed by atoms with E-state index < -0.39 is 250 Å². The van der Waals surface area contributed by atoms with E-state index in [1.54, 1.807) is 62.3 Å². The van der Waals surface area contributed by atoms with Crippen LogP contribution in [0.2, 0.25) is 0 Å². The van der Waals surface area contributed by atoms with E-state index in [0.29, 0.717) is 16.2 Å². The van der Waals surface area contributed by atoms with Crippen LogP contribution < -0.4 is 26.2 Å². The van der Waals surface area contributed by atoms with Crippen LogP contribution in [-0.4, -0.2) is 11.3 Å². The average molecular weight is 978 g/mol. The van der Waals surface area contributed by atoms with Crippen LogP contribution >= 0.6 is 11.3 Å². The summed E-state index contributed by atoms with van der Waals surface area (Å²) >= 11 is 0.636. The minimum absolute atomic E-state index is 0.134. The minimum Gasteiger partial charge on any atom is -0.311 e. The molecule has 0 bridgehead atoms. The smallest absolute Gasteiger partial charge is 0.247 e. The predicted octanol–water partition coefficient (Wildman–Crippen LogP) is 16.6. The predicted molar refractivity (Wildman–Crippen MR) is 311 cm³/mol. The number of para-hydroxylation sites is 2. The van der Waals surface area contributed by atoms with Gasteiger partial charge in [0.05, 0.1) is 52.2 Å². The standard InChI is InChI=1S/C67H58BN3S/c1-65(2,3)40-24-28-43(29-25-40)69(44-30-26-41(27-31-44)66(4,5)6)45-33-35-53-57(38-45)70(46-32-34-49-48-17-11-13-23-59(48)72-60(49)39-46)58-37-42(67(7,8)9)36-52-61-51-19-14-18-50-47-16-10-12-21-55(47)71(64(50)51)56-22-15-20-54(62(56)61)68(53)63(52)58/h10-39,61H,1-9H3/i10D,11D,12D,13D,14D,15D,16D,17D,18D,19D,20D,21D,22D,23D,24D,25D,26D,27D,28D,29D,30D,31D,32D,33D,34D,35D,36D,37D,38D,39D. The van der Waals surface area contributed by atoms with Gasteiger partial charge in [-0.05, 0) is 133 Å². The van der Waals surface area contributed by atoms with E-state index in [9.17, 15) is 32.9 Å². The van der Waals surface area contributed by atoms with E-state index in [-0.39, 0.29) is 92.0 Å². The molecule has 0 amide bonds. The van der Waals surface area contributed by atoms with Crippen molar-refractivity contribution < 1.29 is 41.1 Å². The maximum Gasteiger partial charge on any atom is 0.247 e. The lowest BCUT2D eigenvalue weighted by atomic mass is 9.30. The molecule has 1 atom stereocenters. The van der Waals surface area contributed by atoms with E-state index >= 15 is 0 Å². The topological polar surface area (TPSA) is 11.4 Å². The Labute approximate surface area is 470 Å². The number of anilines is 6. The summed E-state index contributed by atoms with van der Waals surface area (Å²) in [5, 5.41) is -1.17. The molecule has 3 aliphatic heterocycles. The molecule has 1 unspecified atom stereocenters. The van der Waals surface area contributed by atoms with Crippen LogP contribution in [0, 0.1) is 0 Å². The molecule has 11 aromatic rings. The van der Waals surface area contributed by atoms with Crippen molar-refractivity contribution >= 4 is 111 Å². The molecule has 0 fully saturated rings. The first-order chi connectivity index (χ1) is 47.2. The number of rotatable bonds is 4. The summed E-state index contributed by atoms with van der Waals surface area (Å²) in [6.45, 7) is 12.6. The van der Waals surface area contributed by atoms with Crippen LogP contribution in [0.3, 0.4) is 0 Å². The second kappa shape index (κ2) is 15.1. The van der Waals surface area contributed by atoms with Gasteiger partial charge in [-0.25, -0.2) is 0 Å². The number of thiophene rings is 1. The molecule has 0 N–H and O–H groups in total. The first-order valence-electron chi connectivity index (χ1n) is 38.4. The van der Waals surface area contributed by atoms with Crippen LogP contribution in [0.15, 0.2) is 181 Å². The third kappa shape index (κ3) is 6.29. The highest BCUT2D eigenvalue weighted by molar-refractivity contribution is 7.25. The normalized spacial score (nSPS) is 20.7. The quantitative estimate of drug-likeness (QED) is 0.163. The van der Waals surface area contributed by atoms with Crippen LogP contribution in [-0.2, 0) is 16.2 Å². The lowest BCUT2D eigenvalue weighted by molar-refractivity contribution is 0.589. The maximum atomic E-state index is 11.2. The highest BCUT2D eigenvalue weighted by Crippen LogP contribution is 2.52. The molecule has 0 aliphatic carbocycles. The molecule has 5 heteroatoms. The van der Waals surface area contributed by atoms with Gasteiger partial charge in [-0.2, -0.15) is 0 Å². The Bertz CT molecular complexity index is 5740. The van der Waals surface area contributed by atoms with E-state index in [0.717, 1.165) is 4.90 Å². The Balaban J connectivity index is 1.28. The van der Waals surface area contributed by atoms with Crippen LogP contribution in [0.5, 0.6) is 0 Å². The summed E-state index contributed by atoms with van der Waals surface area (Å²) in [6.07, 6.45) is 0. The molecule has 3 aliphatic rings. The summed E-state index contributed by atoms with van der Waals surface area (Å²) in [6, 6.07) is -23.3. The molecule has 0 saturated carbocycles. The molecule has 72 heavy (non-hydrogen) atoms. The monoisotopic (exact) mass is 978 g/mol. The van der Waals surface area contributed by atoms with Gasteiger partial charge in [-0.1, -0.05) is 177 Å². The molecule has 0 spiro atoms. The molecular weight excluding hydrogens is 890 g/mol. The molecule has 3 nitrogen and oxygen atoms in total. The first-order valence-corrected chi connectivity index (χ1v) is 24.2. The SMILES string of the molecule is [2H]c1c([2H])c2c3c(c1[2H])-n1c4c([2H])c([2H])c([2H])c([2H])c4c4c([2H])c([2H])c([2H])c(c41)C3c1c([2H])c(C(C)(C)C)c([2H])c3c1B2c1c([2H])c([2H])c(N(c2c([2H])c([2H])c(C(C)(C)C)c([2H])c2[2H])c2c([2H])c([2H])c(C(C)(C)C)c([2H])c2[2H])c([2H])c1N3c1c([2H])c([2H])c2c(sc3c([2H])c([2H])c([2H])c([2H])c32)c1[2H]. The fraction of sp³-hybridized carbons (Fsp3) is 0.194. The summed E-state index contributed by atoms with van der Waals surface area (Å²) in [7, 11) is 0. The Morgan fingerprint density at radius 2 is 1.10 bits per heavy atom. The van der Waals surface area contributed by atoms with E-state index in [4.69, 9.17) is 8.22 Å². The van der Waals surface area contributed by atoms with Crippen molar-refractivity contribution in [3.8, 4) is 5.69 Å². The van der Waals surface area contributed by atoms with Crippen molar-refractivity contribution in [2.24, 2.45) is 0 Å². The van der Waals surface area contributed by atoms with Gasteiger partial charge in [-0.15, -0.1) is 11.3 Å². The van der Waals surface area contributed by atoms with Crippen LogP contribution in [0.25, 0.3) is 47.7 Å². The first kappa shape index (κ1) is 22.6. The zero-order valence-corrected chi connectivity index (χ0v) is 41.2. The second-order valence-electron chi connectivity index (χ2n) is 21.4. The maximum absolute atomic E-state index is 11.2. The highest BCUT2D eigenvalue weighted by atomic mass is 32.1. The number of hydrogen-bond acceptors (Lipinski definition) is 3. The lowest BCUT2D eigenvalue weighted by Crippen LogP contribution is -2.62. The van der Waals surface area contributed by atoms with Gasteiger partial charge in [0.2, 0.25) is 6.71 Å². The summed E-state index contributed by atoms with van der Waals surface area (Å²) in [5.41, 5.74) is -11.7. The van der Waals surface area contributed by atoms with E-state index in [2.05, 4.69) is 0 Å². The zero-order chi connectivity index (χ0) is 75.3. The molecule has 350 valence electrons. The van der Waals surface area contributed by atoms with Gasteiger partial charge in [0, 0.05) is 76.7 Å². The van der Waals surface area contributed by atoms with Crippen molar-refractivity contribution in [3.63, 3.8) is 0 Å². The fourth-order valence-electron chi connectivity index (χ4n) is 10.2. The van der Waals surface area contributed by atoms with Gasteiger partial charge in [-0.3, -0.25) is 0 Å². The minimum atomic E-state index is -1.98. The van der Waals surface area contributed by atoms with Crippen molar-refractivity contribution in [1.82, 2.24) is 4.57 Å². The van der Waals surface area contributed by atoms with Gasteiger partial charge in [0.1, 0.15) is 0 Å².